The third-order valence-corrected chi connectivity index (χ3v) is 3.40. The van der Waals surface area contributed by atoms with E-state index < -0.39 is 17.9 Å². The van der Waals surface area contributed by atoms with Crippen molar-refractivity contribution >= 4 is 17.9 Å². The second kappa shape index (κ2) is 7.92. The lowest BCUT2D eigenvalue weighted by atomic mass is 9.93. The second-order valence-corrected chi connectivity index (χ2v) is 4.84. The summed E-state index contributed by atoms with van der Waals surface area (Å²) < 4.78 is 14.7. The lowest BCUT2D eigenvalue weighted by Crippen LogP contribution is -2.14. The Labute approximate surface area is 144 Å². The van der Waals surface area contributed by atoms with Crippen molar-refractivity contribution in [1.82, 2.24) is 0 Å². The molecule has 6 heteroatoms. The monoisotopic (exact) mass is 340 g/mol. The Balaban J connectivity index is 2.82. The Bertz CT molecular complexity index is 823. The number of carbonyl (C=O) groups is 3. The molecule has 0 heterocycles. The van der Waals surface area contributed by atoms with E-state index in [0.29, 0.717) is 5.56 Å². The molecule has 2 aromatic rings. The van der Waals surface area contributed by atoms with E-state index in [1.807, 2.05) is 0 Å². The van der Waals surface area contributed by atoms with Crippen molar-refractivity contribution in [3.05, 3.63) is 66.2 Å². The minimum absolute atomic E-state index is 0.0387. The topological polar surface area (TPSA) is 78.9 Å². The molecule has 0 spiro atoms. The van der Waals surface area contributed by atoms with E-state index in [4.69, 9.17) is 14.2 Å². The number of benzene rings is 2. The van der Waals surface area contributed by atoms with Crippen LogP contribution in [0.4, 0.5) is 0 Å². The number of esters is 3. The molecule has 0 amide bonds. The predicted octanol–water partition coefficient (Wildman–Crippen LogP) is 3.02. The molecule has 2 rings (SSSR count). The maximum Gasteiger partial charge on any atom is 0.342 e. The molecule has 0 aliphatic heterocycles. The van der Waals surface area contributed by atoms with Crippen molar-refractivity contribution in [2.75, 3.05) is 14.2 Å². The van der Waals surface area contributed by atoms with Crippen LogP contribution in [0, 0.1) is 0 Å². The SMILES string of the molecule is C=CC(=O)Oc1ccc(C(=O)OC)c(-c2ccccc2)c1C(=O)OC. The van der Waals surface area contributed by atoms with Crippen molar-refractivity contribution in [1.29, 1.82) is 0 Å². The summed E-state index contributed by atoms with van der Waals surface area (Å²) in [4.78, 5) is 36.1. The smallest absolute Gasteiger partial charge is 0.342 e. The van der Waals surface area contributed by atoms with Crippen LogP contribution in [0.25, 0.3) is 11.1 Å². The highest BCUT2D eigenvalue weighted by Gasteiger charge is 2.26. The first kappa shape index (κ1) is 17.9. The second-order valence-electron chi connectivity index (χ2n) is 4.84. The average Bonchev–Trinajstić information content (AvgIpc) is 2.66. The van der Waals surface area contributed by atoms with Gasteiger partial charge in [0.25, 0.3) is 0 Å². The summed E-state index contributed by atoms with van der Waals surface area (Å²) in [5.41, 5.74) is 0.924. The highest BCUT2D eigenvalue weighted by Crippen LogP contribution is 2.35. The molecule has 0 aromatic heterocycles. The molecule has 0 radical (unpaired) electrons. The number of carbonyl (C=O) groups excluding carboxylic acids is 3. The van der Waals surface area contributed by atoms with Gasteiger partial charge in [-0.1, -0.05) is 36.9 Å². The number of rotatable bonds is 5. The molecule has 0 saturated heterocycles. The minimum Gasteiger partial charge on any atom is -0.465 e. The lowest BCUT2D eigenvalue weighted by Gasteiger charge is -2.16. The first-order valence-electron chi connectivity index (χ1n) is 7.26. The molecule has 2 aromatic carbocycles. The molecular formula is C19H16O6. The van der Waals surface area contributed by atoms with Gasteiger partial charge in [-0.15, -0.1) is 0 Å². The number of ether oxygens (including phenoxy) is 3. The summed E-state index contributed by atoms with van der Waals surface area (Å²) in [6.45, 7) is 3.33. The third-order valence-electron chi connectivity index (χ3n) is 3.40. The van der Waals surface area contributed by atoms with Gasteiger partial charge in [-0.3, -0.25) is 0 Å². The van der Waals surface area contributed by atoms with Crippen LogP contribution in [0.1, 0.15) is 20.7 Å². The molecule has 0 N–H and O–H groups in total. The van der Waals surface area contributed by atoms with Gasteiger partial charge in [0.1, 0.15) is 11.3 Å². The van der Waals surface area contributed by atoms with Gasteiger partial charge in [0.15, 0.2) is 0 Å². The van der Waals surface area contributed by atoms with E-state index in [-0.39, 0.29) is 22.4 Å². The lowest BCUT2D eigenvalue weighted by molar-refractivity contribution is -0.128. The summed E-state index contributed by atoms with van der Waals surface area (Å²) >= 11 is 0. The molecule has 0 bridgehead atoms. The van der Waals surface area contributed by atoms with Gasteiger partial charge in [0.05, 0.1) is 19.8 Å². The first-order valence-corrected chi connectivity index (χ1v) is 7.26. The summed E-state index contributed by atoms with van der Waals surface area (Å²) in [6, 6.07) is 11.5. The highest BCUT2D eigenvalue weighted by atomic mass is 16.5. The van der Waals surface area contributed by atoms with Gasteiger partial charge in [-0.05, 0) is 17.7 Å². The van der Waals surface area contributed by atoms with Crippen LogP contribution in [-0.2, 0) is 14.3 Å². The maximum atomic E-state index is 12.4. The molecule has 0 unspecified atom stereocenters. The third kappa shape index (κ3) is 3.74. The van der Waals surface area contributed by atoms with Gasteiger partial charge < -0.3 is 14.2 Å². The fourth-order valence-corrected chi connectivity index (χ4v) is 2.31. The summed E-state index contributed by atoms with van der Waals surface area (Å²) in [5.74, 6) is -2.17. The van der Waals surface area contributed by atoms with Crippen LogP contribution in [0.5, 0.6) is 5.75 Å². The Hall–Kier alpha value is -3.41. The Morgan fingerprint density at radius 3 is 2.12 bits per heavy atom. The molecule has 128 valence electrons. The van der Waals surface area contributed by atoms with Crippen LogP contribution in [0.15, 0.2) is 55.1 Å². The molecule has 0 fully saturated rings. The summed E-state index contributed by atoms with van der Waals surface area (Å²) in [5, 5.41) is 0. The Morgan fingerprint density at radius 2 is 1.56 bits per heavy atom. The zero-order chi connectivity index (χ0) is 18.4. The van der Waals surface area contributed by atoms with E-state index in [1.165, 1.54) is 26.4 Å². The normalized spacial score (nSPS) is 9.84. The molecular weight excluding hydrogens is 324 g/mol. The average molecular weight is 340 g/mol. The van der Waals surface area contributed by atoms with Gasteiger partial charge in [-0.25, -0.2) is 14.4 Å². The van der Waals surface area contributed by atoms with Crippen LogP contribution in [0.2, 0.25) is 0 Å². The fraction of sp³-hybridized carbons (Fsp3) is 0.105. The van der Waals surface area contributed by atoms with Crippen molar-refractivity contribution in [2.45, 2.75) is 0 Å². The zero-order valence-corrected chi connectivity index (χ0v) is 13.8. The van der Waals surface area contributed by atoms with Crippen LogP contribution in [0.3, 0.4) is 0 Å². The molecule has 0 aliphatic carbocycles. The summed E-state index contributed by atoms with van der Waals surface area (Å²) in [7, 11) is 2.43. The van der Waals surface area contributed by atoms with Gasteiger partial charge >= 0.3 is 17.9 Å². The quantitative estimate of drug-likeness (QED) is 0.473. The van der Waals surface area contributed by atoms with E-state index in [9.17, 15) is 14.4 Å². The first-order chi connectivity index (χ1) is 12.0. The fourth-order valence-electron chi connectivity index (χ4n) is 2.31. The summed E-state index contributed by atoms with van der Waals surface area (Å²) in [6.07, 6.45) is 0.970. The number of methoxy groups -OCH3 is 2. The molecule has 0 saturated carbocycles. The predicted molar refractivity (Wildman–Crippen MR) is 90.4 cm³/mol. The maximum absolute atomic E-state index is 12.4. The van der Waals surface area contributed by atoms with Crippen molar-refractivity contribution < 1.29 is 28.6 Å². The highest BCUT2D eigenvalue weighted by molar-refractivity contribution is 6.08. The molecule has 0 atom stereocenters. The molecule has 25 heavy (non-hydrogen) atoms. The van der Waals surface area contributed by atoms with Crippen LogP contribution in [-0.4, -0.2) is 32.1 Å². The zero-order valence-electron chi connectivity index (χ0n) is 13.8. The van der Waals surface area contributed by atoms with E-state index in [0.717, 1.165) is 6.08 Å². The van der Waals surface area contributed by atoms with Crippen molar-refractivity contribution in [2.24, 2.45) is 0 Å². The Kier molecular flexibility index (Phi) is 5.68. The largest absolute Gasteiger partial charge is 0.465 e. The number of hydrogen-bond donors (Lipinski definition) is 0. The molecule has 6 nitrogen and oxygen atoms in total. The van der Waals surface area contributed by atoms with Crippen LogP contribution < -0.4 is 4.74 Å². The van der Waals surface area contributed by atoms with Gasteiger partial charge in [0, 0.05) is 11.6 Å². The van der Waals surface area contributed by atoms with Gasteiger partial charge in [-0.2, -0.15) is 0 Å². The number of hydrogen-bond acceptors (Lipinski definition) is 6. The van der Waals surface area contributed by atoms with E-state index in [1.54, 1.807) is 30.3 Å². The molecule has 0 aliphatic rings. The minimum atomic E-state index is -0.753. The Morgan fingerprint density at radius 1 is 0.920 bits per heavy atom. The van der Waals surface area contributed by atoms with Crippen molar-refractivity contribution in [3.8, 4) is 16.9 Å². The van der Waals surface area contributed by atoms with Gasteiger partial charge in [0.2, 0.25) is 0 Å². The van der Waals surface area contributed by atoms with E-state index in [2.05, 4.69) is 6.58 Å². The van der Waals surface area contributed by atoms with Crippen molar-refractivity contribution in [3.63, 3.8) is 0 Å². The standard InChI is InChI=1S/C19H16O6/c1-4-15(20)25-14-11-10-13(18(21)23-2)16(17(14)19(22)24-3)12-8-6-5-7-9-12/h4-11H,1H2,2-3H3. The van der Waals surface area contributed by atoms with Crippen LogP contribution >= 0.6 is 0 Å². The van der Waals surface area contributed by atoms with E-state index >= 15 is 0 Å².